The Bertz CT molecular complexity index is 381. The summed E-state index contributed by atoms with van der Waals surface area (Å²) in [7, 11) is 2.16. The van der Waals surface area contributed by atoms with Crippen LogP contribution in [0.2, 0.25) is 0 Å². The minimum absolute atomic E-state index is 1.04. The second-order valence-electron chi connectivity index (χ2n) is 4.05. The van der Waals surface area contributed by atoms with Crippen LogP contribution in [0.4, 0.5) is 5.69 Å². The summed E-state index contributed by atoms with van der Waals surface area (Å²) >= 11 is 3.46. The molecule has 2 nitrogen and oxygen atoms in total. The number of hydrogen-bond acceptors (Lipinski definition) is 1. The van der Waals surface area contributed by atoms with Crippen LogP contribution in [-0.4, -0.2) is 37.0 Å². The molecule has 2 rings (SSSR count). The summed E-state index contributed by atoms with van der Waals surface area (Å²) in [6.07, 6.45) is 0. The fraction of sp³-hybridized carbons (Fsp3) is 0.417. The van der Waals surface area contributed by atoms with E-state index in [0.29, 0.717) is 0 Å². The Morgan fingerprint density at radius 1 is 1.27 bits per heavy atom. The van der Waals surface area contributed by atoms with Crippen molar-refractivity contribution in [1.29, 1.82) is 0 Å². The Morgan fingerprint density at radius 2 is 1.93 bits per heavy atom. The van der Waals surface area contributed by atoms with Crippen molar-refractivity contribution >= 4 is 27.3 Å². The summed E-state index contributed by atoms with van der Waals surface area (Å²) in [5, 5.41) is 0. The lowest BCUT2D eigenvalue weighted by Gasteiger charge is -2.26. The molecule has 0 N–H and O–H groups in total. The van der Waals surface area contributed by atoms with Crippen molar-refractivity contribution in [1.82, 2.24) is 0 Å². The van der Waals surface area contributed by atoms with Gasteiger partial charge in [0.2, 0.25) is 0 Å². The summed E-state index contributed by atoms with van der Waals surface area (Å²) in [5.41, 5.74) is 2.75. The van der Waals surface area contributed by atoms with Crippen LogP contribution in [0.25, 0.3) is 0 Å². The van der Waals surface area contributed by atoms with Crippen molar-refractivity contribution in [3.8, 4) is 0 Å². The number of rotatable bonds is 1. The zero-order valence-electron chi connectivity index (χ0n) is 9.20. The van der Waals surface area contributed by atoms with Crippen LogP contribution in [0.1, 0.15) is 6.92 Å². The van der Waals surface area contributed by atoms with Gasteiger partial charge >= 0.3 is 0 Å². The summed E-state index contributed by atoms with van der Waals surface area (Å²) in [5.74, 6) is 0. The number of benzene rings is 1. The molecule has 1 aromatic rings. The minimum atomic E-state index is 1.04. The molecule has 1 aliphatic heterocycles. The third kappa shape index (κ3) is 2.40. The van der Waals surface area contributed by atoms with Crippen molar-refractivity contribution in [2.45, 2.75) is 6.92 Å². The van der Waals surface area contributed by atoms with E-state index in [1.165, 1.54) is 11.4 Å². The van der Waals surface area contributed by atoms with Crippen molar-refractivity contribution in [3.05, 3.63) is 28.7 Å². The number of nitrogens with zero attached hydrogens (tertiary/aromatic N) is 2. The summed E-state index contributed by atoms with van der Waals surface area (Å²) in [4.78, 5) is 2.42. The maximum atomic E-state index is 3.46. The average Bonchev–Trinajstić information content (AvgIpc) is 2.23. The van der Waals surface area contributed by atoms with Crippen LogP contribution in [0, 0.1) is 0 Å². The Hall–Kier alpha value is -0.830. The van der Waals surface area contributed by atoms with Crippen molar-refractivity contribution < 1.29 is 4.58 Å². The first-order valence-corrected chi connectivity index (χ1v) is 6.00. The van der Waals surface area contributed by atoms with Gasteiger partial charge in [-0.25, -0.2) is 4.58 Å². The molecule has 0 atom stereocenters. The Labute approximate surface area is 99.3 Å². The molecule has 0 radical (unpaired) electrons. The van der Waals surface area contributed by atoms with E-state index in [2.05, 4.69) is 63.6 Å². The Balaban J connectivity index is 2.17. The molecule has 1 aromatic carbocycles. The molecule has 1 aliphatic rings. The van der Waals surface area contributed by atoms with E-state index in [0.717, 1.165) is 24.1 Å². The SMILES string of the molecule is CC1=[N+](C)CCN(c2ccc(Br)cc2)C1. The third-order valence-corrected chi connectivity index (χ3v) is 3.50. The lowest BCUT2D eigenvalue weighted by molar-refractivity contribution is -0.498. The molecule has 3 heteroatoms. The smallest absolute Gasteiger partial charge is 0.168 e. The van der Waals surface area contributed by atoms with Crippen LogP contribution in [0.5, 0.6) is 0 Å². The van der Waals surface area contributed by atoms with Gasteiger partial charge in [0, 0.05) is 17.1 Å². The first-order valence-electron chi connectivity index (χ1n) is 5.21. The minimum Gasteiger partial charge on any atom is -0.355 e. The molecule has 0 fully saturated rings. The van der Waals surface area contributed by atoms with Gasteiger partial charge in [-0.05, 0) is 24.3 Å². The van der Waals surface area contributed by atoms with Gasteiger partial charge in [-0.3, -0.25) is 0 Å². The molecule has 0 saturated carbocycles. The van der Waals surface area contributed by atoms with Crippen molar-refractivity contribution in [3.63, 3.8) is 0 Å². The van der Waals surface area contributed by atoms with Gasteiger partial charge in [0.25, 0.3) is 0 Å². The predicted octanol–water partition coefficient (Wildman–Crippen LogP) is 2.37. The molecule has 80 valence electrons. The van der Waals surface area contributed by atoms with Crippen LogP contribution in [0.15, 0.2) is 28.7 Å². The lowest BCUT2D eigenvalue weighted by atomic mass is 10.2. The van der Waals surface area contributed by atoms with E-state index < -0.39 is 0 Å². The highest BCUT2D eigenvalue weighted by Crippen LogP contribution is 2.19. The summed E-state index contributed by atoms with van der Waals surface area (Å²) in [6, 6.07) is 8.54. The molecule has 0 unspecified atom stereocenters. The third-order valence-electron chi connectivity index (χ3n) is 2.97. The Morgan fingerprint density at radius 3 is 2.53 bits per heavy atom. The first-order chi connectivity index (χ1) is 7.16. The number of anilines is 1. The maximum absolute atomic E-state index is 3.46. The highest BCUT2D eigenvalue weighted by Gasteiger charge is 2.19. The number of likely N-dealkylation sites (N-methyl/N-ethyl adjacent to an activating group) is 1. The second kappa shape index (κ2) is 4.35. The normalized spacial score (nSPS) is 17.1. The quantitative estimate of drug-likeness (QED) is 0.709. The molecular formula is C12H16BrN2+. The molecule has 0 aromatic heterocycles. The van der Waals surface area contributed by atoms with Gasteiger partial charge in [-0.1, -0.05) is 15.9 Å². The van der Waals surface area contributed by atoms with E-state index in [1.54, 1.807) is 0 Å². The molecule has 1 heterocycles. The molecule has 0 aliphatic carbocycles. The fourth-order valence-electron chi connectivity index (χ4n) is 1.81. The van der Waals surface area contributed by atoms with Gasteiger partial charge in [-0.15, -0.1) is 0 Å². The topological polar surface area (TPSA) is 6.25 Å². The van der Waals surface area contributed by atoms with Crippen molar-refractivity contribution in [2.75, 3.05) is 31.6 Å². The molecule has 0 amide bonds. The van der Waals surface area contributed by atoms with Crippen molar-refractivity contribution in [2.24, 2.45) is 0 Å². The zero-order valence-corrected chi connectivity index (χ0v) is 10.8. The highest BCUT2D eigenvalue weighted by atomic mass is 79.9. The fourth-order valence-corrected chi connectivity index (χ4v) is 2.07. The molecule has 0 saturated heterocycles. The van der Waals surface area contributed by atoms with Crippen LogP contribution >= 0.6 is 15.9 Å². The van der Waals surface area contributed by atoms with Crippen LogP contribution in [0.3, 0.4) is 0 Å². The molecule has 15 heavy (non-hydrogen) atoms. The Kier molecular flexibility index (Phi) is 3.10. The van der Waals surface area contributed by atoms with Gasteiger partial charge in [-0.2, -0.15) is 0 Å². The second-order valence-corrected chi connectivity index (χ2v) is 4.97. The largest absolute Gasteiger partial charge is 0.355 e. The monoisotopic (exact) mass is 267 g/mol. The molecule has 0 spiro atoms. The average molecular weight is 268 g/mol. The van der Waals surface area contributed by atoms with Gasteiger partial charge in [0.15, 0.2) is 12.3 Å². The van der Waals surface area contributed by atoms with Crippen LogP contribution < -0.4 is 4.90 Å². The lowest BCUT2D eigenvalue weighted by Crippen LogP contribution is -2.42. The first kappa shape index (κ1) is 10.7. The van der Waals surface area contributed by atoms with Crippen LogP contribution in [-0.2, 0) is 0 Å². The zero-order chi connectivity index (χ0) is 10.8. The van der Waals surface area contributed by atoms with E-state index in [9.17, 15) is 0 Å². The summed E-state index contributed by atoms with van der Waals surface area (Å²) < 4.78 is 3.47. The molecular weight excluding hydrogens is 252 g/mol. The summed E-state index contributed by atoms with van der Waals surface area (Å²) in [6.45, 7) is 5.46. The van der Waals surface area contributed by atoms with Gasteiger partial charge in [0.05, 0.1) is 13.1 Å². The van der Waals surface area contributed by atoms with E-state index >= 15 is 0 Å². The van der Waals surface area contributed by atoms with E-state index in [-0.39, 0.29) is 0 Å². The van der Waals surface area contributed by atoms with Gasteiger partial charge < -0.3 is 4.90 Å². The number of halogens is 1. The predicted molar refractivity (Wildman–Crippen MR) is 68.1 cm³/mol. The maximum Gasteiger partial charge on any atom is 0.168 e. The van der Waals surface area contributed by atoms with E-state index in [1.807, 2.05) is 0 Å². The van der Waals surface area contributed by atoms with E-state index in [4.69, 9.17) is 0 Å². The standard InChI is InChI=1S/C12H16BrN2/c1-10-9-15(8-7-14(10)2)12-5-3-11(13)4-6-12/h3-6H,7-9H2,1-2H3/q+1. The molecule has 0 bridgehead atoms. The number of hydrogen-bond donors (Lipinski definition) is 0. The highest BCUT2D eigenvalue weighted by molar-refractivity contribution is 9.10. The van der Waals surface area contributed by atoms with Gasteiger partial charge in [0.1, 0.15) is 7.05 Å².